The lowest BCUT2D eigenvalue weighted by atomic mass is 10.3. The van der Waals surface area contributed by atoms with E-state index in [9.17, 15) is 18.5 Å². The van der Waals surface area contributed by atoms with E-state index in [1.807, 2.05) is 0 Å². The number of nitrogens with zero attached hydrogens (tertiary/aromatic N) is 2. The zero-order chi connectivity index (χ0) is 16.2. The normalized spacial score (nSPS) is 12.0. The first kappa shape index (κ1) is 17.3. The molecule has 0 heterocycles. The van der Waals surface area contributed by atoms with Gasteiger partial charge in [-0.1, -0.05) is 0 Å². The van der Waals surface area contributed by atoms with Crippen LogP contribution in [-0.4, -0.2) is 43.9 Å². The van der Waals surface area contributed by atoms with Crippen molar-refractivity contribution in [3.8, 4) is 0 Å². The molecule has 0 atom stereocenters. The molecule has 0 saturated carbocycles. The fraction of sp³-hybridized carbons (Fsp3) is 0.500. The lowest BCUT2D eigenvalue weighted by Gasteiger charge is -2.25. The highest BCUT2D eigenvalue weighted by Gasteiger charge is 2.28. The van der Waals surface area contributed by atoms with Crippen LogP contribution in [0.4, 0.5) is 11.4 Å². The molecule has 0 aliphatic rings. The SMILES string of the molecule is COCCN(C(C)C)S(=O)(=O)c1ccc(N)c([N+](=O)[O-])c1. The molecule has 21 heavy (non-hydrogen) atoms. The molecule has 0 unspecified atom stereocenters. The van der Waals surface area contributed by atoms with Gasteiger partial charge >= 0.3 is 0 Å². The fourth-order valence-corrected chi connectivity index (χ4v) is 3.46. The highest BCUT2D eigenvalue weighted by Crippen LogP contribution is 2.27. The topological polar surface area (TPSA) is 116 Å². The molecule has 1 aromatic carbocycles. The Kier molecular flexibility index (Phi) is 5.64. The Morgan fingerprint density at radius 1 is 1.43 bits per heavy atom. The van der Waals surface area contributed by atoms with E-state index in [0.717, 1.165) is 6.07 Å². The van der Waals surface area contributed by atoms with Crippen LogP contribution >= 0.6 is 0 Å². The van der Waals surface area contributed by atoms with Crippen LogP contribution in [0.5, 0.6) is 0 Å². The van der Waals surface area contributed by atoms with Gasteiger partial charge in [0, 0.05) is 25.8 Å². The second-order valence-corrected chi connectivity index (χ2v) is 6.57. The number of hydrogen-bond donors (Lipinski definition) is 1. The van der Waals surface area contributed by atoms with Crippen molar-refractivity contribution in [3.05, 3.63) is 28.3 Å². The van der Waals surface area contributed by atoms with Crippen LogP contribution in [0, 0.1) is 10.1 Å². The number of benzene rings is 1. The molecule has 9 heteroatoms. The third-order valence-electron chi connectivity index (χ3n) is 2.90. The molecule has 0 aliphatic carbocycles. The number of nitro groups is 1. The Morgan fingerprint density at radius 2 is 2.05 bits per heavy atom. The van der Waals surface area contributed by atoms with Gasteiger partial charge in [-0.15, -0.1) is 0 Å². The summed E-state index contributed by atoms with van der Waals surface area (Å²) in [5.74, 6) is 0. The quantitative estimate of drug-likeness (QED) is 0.459. The van der Waals surface area contributed by atoms with Gasteiger partial charge in [-0.2, -0.15) is 4.31 Å². The molecule has 0 aromatic heterocycles. The average Bonchev–Trinajstić information content (AvgIpc) is 2.38. The van der Waals surface area contributed by atoms with Crippen LogP contribution in [0.2, 0.25) is 0 Å². The standard InChI is InChI=1S/C12H19N3O5S/c1-9(2)14(6-7-20-3)21(18,19)10-4-5-11(13)12(8-10)15(16)17/h4-5,8-9H,6-7,13H2,1-3H3. The van der Waals surface area contributed by atoms with Gasteiger partial charge in [-0.3, -0.25) is 10.1 Å². The Morgan fingerprint density at radius 3 is 2.52 bits per heavy atom. The van der Waals surface area contributed by atoms with Crippen molar-refractivity contribution >= 4 is 21.4 Å². The van der Waals surface area contributed by atoms with E-state index in [2.05, 4.69) is 0 Å². The van der Waals surface area contributed by atoms with Crippen molar-refractivity contribution < 1.29 is 18.1 Å². The maximum atomic E-state index is 12.6. The zero-order valence-electron chi connectivity index (χ0n) is 12.1. The van der Waals surface area contributed by atoms with Crippen LogP contribution in [0.25, 0.3) is 0 Å². The van der Waals surface area contributed by atoms with Gasteiger partial charge in [0.2, 0.25) is 10.0 Å². The maximum Gasteiger partial charge on any atom is 0.293 e. The van der Waals surface area contributed by atoms with Gasteiger partial charge in [0.1, 0.15) is 5.69 Å². The van der Waals surface area contributed by atoms with E-state index in [1.54, 1.807) is 13.8 Å². The Balaban J connectivity index is 3.28. The minimum Gasteiger partial charge on any atom is -0.393 e. The summed E-state index contributed by atoms with van der Waals surface area (Å²) in [6, 6.07) is 3.16. The average molecular weight is 317 g/mol. The monoisotopic (exact) mass is 317 g/mol. The van der Waals surface area contributed by atoms with Crippen LogP contribution in [0.3, 0.4) is 0 Å². The van der Waals surface area contributed by atoms with Gasteiger partial charge in [-0.05, 0) is 26.0 Å². The van der Waals surface area contributed by atoms with Gasteiger partial charge in [0.05, 0.1) is 16.4 Å². The lowest BCUT2D eigenvalue weighted by molar-refractivity contribution is -0.384. The van der Waals surface area contributed by atoms with Crippen LogP contribution in [0.15, 0.2) is 23.1 Å². The molecule has 0 radical (unpaired) electrons. The van der Waals surface area contributed by atoms with E-state index >= 15 is 0 Å². The summed E-state index contributed by atoms with van der Waals surface area (Å²) >= 11 is 0. The second kappa shape index (κ2) is 6.83. The van der Waals surface area contributed by atoms with E-state index < -0.39 is 20.6 Å². The molecule has 0 amide bonds. The van der Waals surface area contributed by atoms with Crippen molar-refractivity contribution in [2.75, 3.05) is 26.0 Å². The number of nitrogens with two attached hydrogens (primary N) is 1. The summed E-state index contributed by atoms with van der Waals surface area (Å²) in [6.45, 7) is 3.83. The Hall–Kier alpha value is -1.71. The van der Waals surface area contributed by atoms with Crippen molar-refractivity contribution in [2.45, 2.75) is 24.8 Å². The van der Waals surface area contributed by atoms with E-state index in [1.165, 1.54) is 23.5 Å². The predicted molar refractivity (Wildman–Crippen MR) is 78.4 cm³/mol. The number of nitrogen functional groups attached to an aromatic ring is 1. The van der Waals surface area contributed by atoms with Crippen molar-refractivity contribution in [2.24, 2.45) is 0 Å². The Labute approximate surface area is 123 Å². The van der Waals surface area contributed by atoms with E-state index in [4.69, 9.17) is 10.5 Å². The summed E-state index contributed by atoms with van der Waals surface area (Å²) < 4.78 is 31.3. The number of anilines is 1. The molecule has 0 bridgehead atoms. The van der Waals surface area contributed by atoms with E-state index in [-0.39, 0.29) is 29.8 Å². The van der Waals surface area contributed by atoms with Gasteiger partial charge < -0.3 is 10.5 Å². The lowest BCUT2D eigenvalue weighted by Crippen LogP contribution is -2.39. The van der Waals surface area contributed by atoms with Gasteiger partial charge in [-0.25, -0.2) is 8.42 Å². The number of ether oxygens (including phenoxy) is 1. The molecule has 0 spiro atoms. The van der Waals surface area contributed by atoms with Crippen molar-refractivity contribution in [3.63, 3.8) is 0 Å². The largest absolute Gasteiger partial charge is 0.393 e. The summed E-state index contributed by atoms with van der Waals surface area (Å²) in [6.07, 6.45) is 0. The smallest absolute Gasteiger partial charge is 0.293 e. The number of nitro benzene ring substituents is 1. The van der Waals surface area contributed by atoms with E-state index in [0.29, 0.717) is 0 Å². The third kappa shape index (κ3) is 3.90. The molecule has 118 valence electrons. The number of hydrogen-bond acceptors (Lipinski definition) is 6. The minimum absolute atomic E-state index is 0.0769. The molecule has 8 nitrogen and oxygen atoms in total. The summed E-state index contributed by atoms with van der Waals surface area (Å²) in [5.41, 5.74) is 4.98. The predicted octanol–water partition coefficient (Wildman–Crippen LogP) is 1.22. The first-order valence-corrected chi connectivity index (χ1v) is 7.70. The van der Waals surface area contributed by atoms with Crippen molar-refractivity contribution in [1.82, 2.24) is 4.31 Å². The second-order valence-electron chi connectivity index (χ2n) is 4.68. The fourth-order valence-electron chi connectivity index (χ4n) is 1.81. The molecular weight excluding hydrogens is 298 g/mol. The molecule has 0 fully saturated rings. The molecule has 1 rings (SSSR count). The van der Waals surface area contributed by atoms with Gasteiger partial charge in [0.25, 0.3) is 5.69 Å². The summed E-state index contributed by atoms with van der Waals surface area (Å²) in [5, 5.41) is 10.9. The Bertz CT molecular complexity index is 615. The van der Waals surface area contributed by atoms with Crippen LogP contribution in [-0.2, 0) is 14.8 Å². The number of sulfonamides is 1. The molecular formula is C12H19N3O5S. The summed E-state index contributed by atoms with van der Waals surface area (Å²) in [4.78, 5) is 10.0. The third-order valence-corrected chi connectivity index (χ3v) is 4.97. The molecule has 2 N–H and O–H groups in total. The number of methoxy groups -OCH3 is 1. The molecule has 1 aromatic rings. The highest BCUT2D eigenvalue weighted by atomic mass is 32.2. The zero-order valence-corrected chi connectivity index (χ0v) is 13.0. The number of rotatable bonds is 7. The van der Waals surface area contributed by atoms with Crippen molar-refractivity contribution in [1.29, 1.82) is 0 Å². The first-order valence-electron chi connectivity index (χ1n) is 6.26. The van der Waals surface area contributed by atoms with Crippen LogP contribution < -0.4 is 5.73 Å². The summed E-state index contributed by atoms with van der Waals surface area (Å²) in [7, 11) is -2.38. The maximum absolute atomic E-state index is 12.6. The van der Waals surface area contributed by atoms with Crippen LogP contribution in [0.1, 0.15) is 13.8 Å². The molecule has 0 saturated heterocycles. The highest BCUT2D eigenvalue weighted by molar-refractivity contribution is 7.89. The van der Waals surface area contributed by atoms with Gasteiger partial charge in [0.15, 0.2) is 0 Å². The molecule has 0 aliphatic heterocycles. The first-order chi connectivity index (χ1) is 9.71. The minimum atomic E-state index is -3.85.